The molecule has 0 heterocycles. The molecule has 0 aliphatic rings. The third-order valence-corrected chi connectivity index (χ3v) is 4.36. The number of benzene rings is 2. The van der Waals surface area contributed by atoms with Gasteiger partial charge in [0.25, 0.3) is 10.0 Å². The molecule has 1 N–H and O–H groups in total. The lowest BCUT2D eigenvalue weighted by molar-refractivity contribution is 0.264. The van der Waals surface area contributed by atoms with Crippen LogP contribution in [0, 0.1) is 0 Å². The van der Waals surface area contributed by atoms with Gasteiger partial charge < -0.3 is 0 Å². The van der Waals surface area contributed by atoms with E-state index < -0.39 is 15.4 Å². The first-order chi connectivity index (χ1) is 9.38. The lowest BCUT2D eigenvalue weighted by atomic mass is 10.1. The van der Waals surface area contributed by atoms with Crippen molar-refractivity contribution < 1.29 is 13.2 Å². The summed E-state index contributed by atoms with van der Waals surface area (Å²) >= 11 is 10.8. The van der Waals surface area contributed by atoms with Crippen molar-refractivity contribution >= 4 is 38.6 Å². The van der Waals surface area contributed by atoms with E-state index >= 15 is 0 Å². The minimum Gasteiger partial charge on any atom is -0.255 e. The lowest BCUT2D eigenvalue weighted by Crippen LogP contribution is -2.25. The Bertz CT molecular complexity index is 725. The molecule has 2 rings (SSSR count). The first-order valence-electron chi connectivity index (χ1n) is 5.47. The molecular weight excluding hydrogens is 321 g/mol. The Morgan fingerprint density at radius 2 is 1.35 bits per heavy atom. The molecule has 0 bridgehead atoms. The van der Waals surface area contributed by atoms with Crippen LogP contribution in [0.25, 0.3) is 11.1 Å². The molecule has 0 saturated heterocycles. The van der Waals surface area contributed by atoms with Crippen molar-refractivity contribution in [3.63, 3.8) is 0 Å². The van der Waals surface area contributed by atoms with Crippen LogP contribution in [0.15, 0.2) is 53.4 Å². The Morgan fingerprint density at radius 1 is 0.900 bits per heavy atom. The number of nitrogens with one attached hydrogen (secondary N) is 1. The summed E-state index contributed by atoms with van der Waals surface area (Å²) in [6.45, 7) is 0. The van der Waals surface area contributed by atoms with Crippen molar-refractivity contribution in [2.24, 2.45) is 0 Å². The second kappa shape index (κ2) is 5.83. The predicted octanol–water partition coefficient (Wildman–Crippen LogP) is 3.64. The minimum atomic E-state index is -3.92. The number of rotatable bonds is 3. The maximum absolute atomic E-state index is 11.7. The van der Waals surface area contributed by atoms with Gasteiger partial charge in [0.2, 0.25) is 0 Å². The zero-order valence-corrected chi connectivity index (χ0v) is 12.3. The van der Waals surface area contributed by atoms with Gasteiger partial charge in [-0.2, -0.15) is 0 Å². The number of carbonyl (C=O) groups is 1. The van der Waals surface area contributed by atoms with Gasteiger partial charge in [-0.25, -0.2) is 13.1 Å². The molecule has 2 aromatic carbocycles. The third kappa shape index (κ3) is 3.50. The molecule has 0 aliphatic heterocycles. The quantitative estimate of drug-likeness (QED) is 0.690. The van der Waals surface area contributed by atoms with E-state index in [1.807, 2.05) is 12.1 Å². The Morgan fingerprint density at radius 3 is 1.80 bits per heavy atom. The Balaban J connectivity index is 2.31. The van der Waals surface area contributed by atoms with Crippen LogP contribution in [-0.2, 0) is 10.0 Å². The van der Waals surface area contributed by atoms with Crippen LogP contribution < -0.4 is 4.72 Å². The maximum Gasteiger partial charge on any atom is 0.327 e. The summed E-state index contributed by atoms with van der Waals surface area (Å²) in [6.07, 6.45) is 0. The normalized spacial score (nSPS) is 11.1. The molecule has 0 atom stereocenters. The molecular formula is C13H9Cl2NO3S. The van der Waals surface area contributed by atoms with E-state index in [9.17, 15) is 13.2 Å². The zero-order valence-electron chi connectivity index (χ0n) is 10.0. The smallest absolute Gasteiger partial charge is 0.255 e. The van der Waals surface area contributed by atoms with Crippen LogP contribution in [0.2, 0.25) is 5.02 Å². The molecule has 2 aromatic rings. The summed E-state index contributed by atoms with van der Waals surface area (Å²) in [6, 6.07) is 13.2. The standard InChI is InChI=1S/C13H9Cl2NO3S/c14-11-5-1-9(2-6-11)10-3-7-12(8-4-10)20(18,19)16-13(15)17/h1-8H,(H,16,17). The molecule has 0 aromatic heterocycles. The van der Waals surface area contributed by atoms with Gasteiger partial charge in [0.05, 0.1) is 4.90 Å². The van der Waals surface area contributed by atoms with E-state index in [0.29, 0.717) is 5.02 Å². The molecule has 0 unspecified atom stereocenters. The summed E-state index contributed by atoms with van der Waals surface area (Å²) < 4.78 is 25.1. The monoisotopic (exact) mass is 329 g/mol. The molecule has 0 saturated carbocycles. The summed E-state index contributed by atoms with van der Waals surface area (Å²) in [5, 5.41) is -0.524. The molecule has 0 aliphatic carbocycles. The predicted molar refractivity (Wildman–Crippen MR) is 78.5 cm³/mol. The first-order valence-corrected chi connectivity index (χ1v) is 7.71. The van der Waals surface area contributed by atoms with Gasteiger partial charge in [-0.15, -0.1) is 0 Å². The highest BCUT2D eigenvalue weighted by Gasteiger charge is 2.16. The van der Waals surface area contributed by atoms with Crippen LogP contribution in [0.3, 0.4) is 0 Å². The first kappa shape index (κ1) is 14.8. The third-order valence-electron chi connectivity index (χ3n) is 2.56. The maximum atomic E-state index is 11.7. The summed E-state index contributed by atoms with van der Waals surface area (Å²) in [7, 11) is -3.92. The van der Waals surface area contributed by atoms with Crippen molar-refractivity contribution in [3.8, 4) is 11.1 Å². The Kier molecular flexibility index (Phi) is 4.32. The van der Waals surface area contributed by atoms with Crippen molar-refractivity contribution in [1.82, 2.24) is 4.72 Å². The fourth-order valence-corrected chi connectivity index (χ4v) is 2.89. The highest BCUT2D eigenvalue weighted by Crippen LogP contribution is 2.23. The van der Waals surface area contributed by atoms with E-state index in [1.165, 1.54) is 12.1 Å². The highest BCUT2D eigenvalue weighted by atomic mass is 35.5. The van der Waals surface area contributed by atoms with Crippen molar-refractivity contribution in [1.29, 1.82) is 0 Å². The van der Waals surface area contributed by atoms with Crippen LogP contribution in [-0.4, -0.2) is 13.8 Å². The van der Waals surface area contributed by atoms with Crippen molar-refractivity contribution in [2.45, 2.75) is 4.90 Å². The summed E-state index contributed by atoms with van der Waals surface area (Å²) in [4.78, 5) is 10.6. The van der Waals surface area contributed by atoms with E-state index in [2.05, 4.69) is 0 Å². The fourth-order valence-electron chi connectivity index (χ4n) is 1.63. The molecule has 104 valence electrons. The van der Waals surface area contributed by atoms with Gasteiger partial charge >= 0.3 is 5.37 Å². The van der Waals surface area contributed by atoms with E-state index in [-0.39, 0.29) is 4.90 Å². The zero-order chi connectivity index (χ0) is 14.8. The molecule has 0 fully saturated rings. The molecule has 0 radical (unpaired) electrons. The average molecular weight is 330 g/mol. The van der Waals surface area contributed by atoms with Gasteiger partial charge in [0.15, 0.2) is 0 Å². The van der Waals surface area contributed by atoms with Crippen LogP contribution >= 0.6 is 23.2 Å². The van der Waals surface area contributed by atoms with Crippen LogP contribution in [0.1, 0.15) is 0 Å². The highest BCUT2D eigenvalue weighted by molar-refractivity contribution is 7.90. The van der Waals surface area contributed by atoms with Gasteiger partial charge in [-0.05, 0) is 47.0 Å². The number of hydrogen-bond donors (Lipinski definition) is 1. The molecule has 7 heteroatoms. The average Bonchev–Trinajstić information content (AvgIpc) is 2.38. The number of hydrogen-bond acceptors (Lipinski definition) is 3. The Labute approximate surface area is 126 Å². The van der Waals surface area contributed by atoms with Crippen LogP contribution in [0.5, 0.6) is 0 Å². The molecule has 0 spiro atoms. The molecule has 1 amide bonds. The van der Waals surface area contributed by atoms with E-state index in [1.54, 1.807) is 29.0 Å². The lowest BCUT2D eigenvalue weighted by Gasteiger charge is -2.06. The molecule has 4 nitrogen and oxygen atoms in total. The number of halogens is 2. The van der Waals surface area contributed by atoms with Gasteiger partial charge in [-0.1, -0.05) is 35.9 Å². The van der Waals surface area contributed by atoms with Gasteiger partial charge in [-0.3, -0.25) is 4.79 Å². The van der Waals surface area contributed by atoms with E-state index in [0.717, 1.165) is 11.1 Å². The number of sulfonamides is 1. The largest absolute Gasteiger partial charge is 0.327 e. The second-order valence-electron chi connectivity index (χ2n) is 3.91. The Hall–Kier alpha value is -1.56. The number of carbonyl (C=O) groups excluding carboxylic acids is 1. The SMILES string of the molecule is O=C(Cl)NS(=O)(=O)c1ccc(-c2ccc(Cl)cc2)cc1. The molecule has 20 heavy (non-hydrogen) atoms. The van der Waals surface area contributed by atoms with Gasteiger partial charge in [0.1, 0.15) is 0 Å². The fraction of sp³-hybridized carbons (Fsp3) is 0. The second-order valence-corrected chi connectivity index (χ2v) is 6.37. The van der Waals surface area contributed by atoms with Crippen molar-refractivity contribution in [2.75, 3.05) is 0 Å². The van der Waals surface area contributed by atoms with Crippen molar-refractivity contribution in [3.05, 3.63) is 53.6 Å². The summed E-state index contributed by atoms with van der Waals surface area (Å²) in [5.41, 5.74) is 1.73. The van der Waals surface area contributed by atoms with Crippen LogP contribution in [0.4, 0.5) is 4.79 Å². The van der Waals surface area contributed by atoms with Gasteiger partial charge in [0, 0.05) is 5.02 Å². The summed E-state index contributed by atoms with van der Waals surface area (Å²) in [5.74, 6) is 0. The topological polar surface area (TPSA) is 63.2 Å². The van der Waals surface area contributed by atoms with E-state index in [4.69, 9.17) is 23.2 Å². The minimum absolute atomic E-state index is 0.0378. The number of amides is 1.